The molecule has 4 rings (SSSR count). The lowest BCUT2D eigenvalue weighted by atomic mass is 10.1. The number of nitrogens with one attached hydrogen (secondary N) is 1. The van der Waals surface area contributed by atoms with Crippen molar-refractivity contribution in [1.82, 2.24) is 20.1 Å². The maximum atomic E-state index is 12.9. The van der Waals surface area contributed by atoms with E-state index in [0.717, 1.165) is 32.5 Å². The Morgan fingerprint density at radius 1 is 1.23 bits per heavy atom. The number of rotatable bonds is 3. The summed E-state index contributed by atoms with van der Waals surface area (Å²) in [6, 6.07) is 8.84. The number of fused-ring (bicyclic) bond motifs is 1. The summed E-state index contributed by atoms with van der Waals surface area (Å²) in [4.78, 5) is 31.5. The zero-order valence-corrected chi connectivity index (χ0v) is 18.4. The number of benzene rings is 1. The minimum absolute atomic E-state index is 0.140. The fourth-order valence-electron chi connectivity index (χ4n) is 3.59. The van der Waals surface area contributed by atoms with Crippen molar-refractivity contribution in [3.63, 3.8) is 0 Å². The van der Waals surface area contributed by atoms with E-state index in [0.29, 0.717) is 19.3 Å². The van der Waals surface area contributed by atoms with Crippen molar-refractivity contribution in [1.29, 1.82) is 0 Å². The second-order valence-electron chi connectivity index (χ2n) is 7.49. The number of anilines is 1. The molecule has 1 unspecified atom stereocenters. The fourth-order valence-corrected chi connectivity index (χ4v) is 3.94. The van der Waals surface area contributed by atoms with Crippen LogP contribution in [0.3, 0.4) is 0 Å². The number of likely N-dealkylation sites (N-methyl/N-ethyl adjacent to an activating group) is 1. The molecule has 0 spiro atoms. The maximum Gasteiger partial charge on any atom is 0.342 e. The Morgan fingerprint density at radius 3 is 2.83 bits per heavy atom. The molecule has 3 heterocycles. The minimum atomic E-state index is -0.609. The summed E-state index contributed by atoms with van der Waals surface area (Å²) >= 11 is 3.46. The van der Waals surface area contributed by atoms with Gasteiger partial charge in [0.15, 0.2) is 0 Å². The van der Waals surface area contributed by atoms with Crippen LogP contribution in [-0.4, -0.2) is 39.8 Å². The molecule has 2 amide bonds. The van der Waals surface area contributed by atoms with E-state index in [1.807, 2.05) is 43.5 Å². The van der Waals surface area contributed by atoms with Crippen molar-refractivity contribution >= 4 is 33.6 Å². The zero-order chi connectivity index (χ0) is 21.3. The van der Waals surface area contributed by atoms with Crippen molar-refractivity contribution in [3.05, 3.63) is 75.8 Å². The van der Waals surface area contributed by atoms with Gasteiger partial charge >= 0.3 is 6.03 Å². The average Bonchev–Trinajstić information content (AvgIpc) is 3.17. The van der Waals surface area contributed by atoms with E-state index >= 15 is 0 Å². The Bertz CT molecular complexity index is 1090. The number of hydrogen-bond acceptors (Lipinski definition) is 4. The largest absolute Gasteiger partial charge is 0.342 e. The van der Waals surface area contributed by atoms with E-state index in [1.54, 1.807) is 24.3 Å². The molecule has 0 fully saturated rings. The van der Waals surface area contributed by atoms with Gasteiger partial charge in [0.05, 0.1) is 6.20 Å². The minimum Gasteiger partial charge on any atom is -0.324 e. The van der Waals surface area contributed by atoms with Gasteiger partial charge in [0, 0.05) is 41.7 Å². The highest BCUT2D eigenvalue weighted by Gasteiger charge is 2.29. The normalized spacial score (nSPS) is 16.2. The number of carbonyl (C=O) groups is 2. The summed E-state index contributed by atoms with van der Waals surface area (Å²) in [5, 5.41) is 7.00. The number of pyridine rings is 1. The van der Waals surface area contributed by atoms with Crippen LogP contribution in [0.25, 0.3) is 0 Å². The van der Waals surface area contributed by atoms with Crippen LogP contribution in [0.4, 0.5) is 10.5 Å². The molecule has 3 aromatic rings. The summed E-state index contributed by atoms with van der Waals surface area (Å²) in [6.07, 6.45) is 7.04. The van der Waals surface area contributed by atoms with Gasteiger partial charge in [-0.1, -0.05) is 28.1 Å². The predicted octanol–water partition coefficient (Wildman–Crippen LogP) is 3.48. The highest BCUT2D eigenvalue weighted by Crippen LogP contribution is 2.29. The van der Waals surface area contributed by atoms with Gasteiger partial charge in [-0.15, -0.1) is 0 Å². The lowest BCUT2D eigenvalue weighted by Crippen LogP contribution is -2.48. The lowest BCUT2D eigenvalue weighted by molar-refractivity contribution is -0.120. The fraction of sp³-hybridized carbons (Fsp3) is 0.273. The summed E-state index contributed by atoms with van der Waals surface area (Å²) in [5.41, 5.74) is 4.85. The number of aromatic nitrogens is 3. The number of nitrogens with zero attached hydrogens (tertiary/aromatic N) is 4. The summed E-state index contributed by atoms with van der Waals surface area (Å²) in [7, 11) is 1.74. The number of halogens is 1. The number of aryl methyl sites for hydroxylation is 2. The topological polar surface area (TPSA) is 80.1 Å². The molecule has 1 aliphatic rings. The molecule has 1 atom stereocenters. The van der Waals surface area contributed by atoms with Crippen LogP contribution < -0.4 is 10.2 Å². The smallest absolute Gasteiger partial charge is 0.324 e. The Hall–Kier alpha value is -3.00. The molecule has 0 bridgehead atoms. The standard InChI is InChI=1S/C22H22BrN5O2/c1-14-3-4-15(11-24-14)9-16-12-25-28(13-16)22(30)26-19-8-6-17-5-7-18(23)10-20(17)27(2)21(19)29/h3-5,7,10-13,19H,6,8-9H2,1-2H3,(H,26,30). The van der Waals surface area contributed by atoms with Gasteiger partial charge in [0.25, 0.3) is 0 Å². The van der Waals surface area contributed by atoms with Crippen LogP contribution in [0, 0.1) is 6.92 Å². The van der Waals surface area contributed by atoms with Gasteiger partial charge in [-0.3, -0.25) is 9.78 Å². The third kappa shape index (κ3) is 4.28. The number of hydrogen-bond donors (Lipinski definition) is 1. The molecule has 30 heavy (non-hydrogen) atoms. The van der Waals surface area contributed by atoms with Crippen LogP contribution in [0.1, 0.15) is 28.8 Å². The molecule has 154 valence electrons. The quantitative estimate of drug-likeness (QED) is 0.639. The molecular weight excluding hydrogens is 446 g/mol. The Morgan fingerprint density at radius 2 is 2.07 bits per heavy atom. The van der Waals surface area contributed by atoms with Crippen LogP contribution in [0.15, 0.2) is 53.4 Å². The lowest BCUT2D eigenvalue weighted by Gasteiger charge is -2.22. The average molecular weight is 468 g/mol. The monoisotopic (exact) mass is 467 g/mol. The third-order valence-corrected chi connectivity index (χ3v) is 5.76. The Labute approximate surface area is 183 Å². The first-order valence-corrected chi connectivity index (χ1v) is 10.5. The van der Waals surface area contributed by atoms with Gasteiger partial charge in [-0.2, -0.15) is 9.78 Å². The summed E-state index contributed by atoms with van der Waals surface area (Å²) < 4.78 is 2.16. The van der Waals surface area contributed by atoms with Crippen molar-refractivity contribution in [2.75, 3.05) is 11.9 Å². The second kappa shape index (κ2) is 8.39. The van der Waals surface area contributed by atoms with E-state index in [9.17, 15) is 9.59 Å². The molecule has 0 saturated heterocycles. The third-order valence-electron chi connectivity index (χ3n) is 5.26. The molecule has 1 N–H and O–H groups in total. The van der Waals surface area contributed by atoms with E-state index in [2.05, 4.69) is 31.3 Å². The van der Waals surface area contributed by atoms with Crippen LogP contribution in [0.5, 0.6) is 0 Å². The molecular formula is C22H22BrN5O2. The van der Waals surface area contributed by atoms with Crippen molar-refractivity contribution in [2.45, 2.75) is 32.2 Å². The highest BCUT2D eigenvalue weighted by atomic mass is 79.9. The first kappa shape index (κ1) is 20.3. The summed E-state index contributed by atoms with van der Waals surface area (Å²) in [6.45, 7) is 1.94. The molecule has 0 saturated carbocycles. The number of carbonyl (C=O) groups excluding carboxylic acids is 2. The van der Waals surface area contributed by atoms with Crippen LogP contribution >= 0.6 is 15.9 Å². The zero-order valence-electron chi connectivity index (χ0n) is 16.8. The first-order valence-electron chi connectivity index (χ1n) is 9.72. The Balaban J connectivity index is 1.44. The second-order valence-corrected chi connectivity index (χ2v) is 8.40. The highest BCUT2D eigenvalue weighted by molar-refractivity contribution is 9.10. The molecule has 8 heteroatoms. The van der Waals surface area contributed by atoms with Gasteiger partial charge in [-0.25, -0.2) is 4.79 Å². The molecule has 0 radical (unpaired) electrons. The SMILES string of the molecule is Cc1ccc(Cc2cnn(C(=O)NC3CCc4ccc(Br)cc4N(C)C3=O)c2)cn1. The molecule has 2 aromatic heterocycles. The maximum absolute atomic E-state index is 12.9. The van der Waals surface area contributed by atoms with E-state index < -0.39 is 12.1 Å². The van der Waals surface area contributed by atoms with Gasteiger partial charge in [0.1, 0.15) is 6.04 Å². The summed E-state index contributed by atoms with van der Waals surface area (Å²) in [5.74, 6) is -0.140. The predicted molar refractivity (Wildman–Crippen MR) is 118 cm³/mol. The molecule has 7 nitrogen and oxygen atoms in total. The van der Waals surface area contributed by atoms with Gasteiger partial charge < -0.3 is 10.2 Å². The van der Waals surface area contributed by atoms with Crippen LogP contribution in [0.2, 0.25) is 0 Å². The molecule has 1 aromatic carbocycles. The Kier molecular flexibility index (Phi) is 5.67. The molecule has 0 aliphatic carbocycles. The van der Waals surface area contributed by atoms with Crippen LogP contribution in [-0.2, 0) is 17.6 Å². The van der Waals surface area contributed by atoms with Gasteiger partial charge in [-0.05, 0) is 54.7 Å². The molecule has 1 aliphatic heterocycles. The van der Waals surface area contributed by atoms with E-state index in [1.165, 1.54) is 4.68 Å². The van der Waals surface area contributed by atoms with Crippen molar-refractivity contribution in [3.8, 4) is 0 Å². The number of amides is 2. The van der Waals surface area contributed by atoms with Crippen molar-refractivity contribution < 1.29 is 9.59 Å². The van der Waals surface area contributed by atoms with Gasteiger partial charge in [0.2, 0.25) is 5.91 Å². The van der Waals surface area contributed by atoms with E-state index in [4.69, 9.17) is 0 Å². The first-order chi connectivity index (χ1) is 14.4. The van der Waals surface area contributed by atoms with Crippen molar-refractivity contribution in [2.24, 2.45) is 0 Å². The van der Waals surface area contributed by atoms with E-state index in [-0.39, 0.29) is 5.91 Å².